The molecule has 1 amide bonds. The number of carbonyl (C=O) groups is 1. The first-order valence-corrected chi connectivity index (χ1v) is 9.38. The van der Waals surface area contributed by atoms with E-state index in [0.29, 0.717) is 23.7 Å². The molecule has 26 heavy (non-hydrogen) atoms. The van der Waals surface area contributed by atoms with Gasteiger partial charge in [0.15, 0.2) is 0 Å². The fraction of sp³-hybridized carbons (Fsp3) is 0.526. The fourth-order valence-electron chi connectivity index (χ4n) is 3.32. The van der Waals surface area contributed by atoms with Crippen LogP contribution in [0.15, 0.2) is 22.9 Å². The number of nitrogens with zero attached hydrogens (tertiary/aromatic N) is 2. The normalized spacial score (nSPS) is 20.0. The third kappa shape index (κ3) is 4.97. The van der Waals surface area contributed by atoms with Crippen LogP contribution < -0.4 is 10.1 Å². The molecule has 0 saturated heterocycles. The van der Waals surface area contributed by atoms with Crippen molar-refractivity contribution in [3.05, 3.63) is 40.4 Å². The molecule has 7 heteroatoms. The first-order chi connectivity index (χ1) is 12.5. The molecular formula is C19H24ClN3O3. The quantitative estimate of drug-likeness (QED) is 0.828. The van der Waals surface area contributed by atoms with Crippen molar-refractivity contribution in [3.63, 3.8) is 0 Å². The fourth-order valence-corrected chi connectivity index (χ4v) is 3.44. The lowest BCUT2D eigenvalue weighted by atomic mass is 9.92. The monoisotopic (exact) mass is 377 g/mol. The van der Waals surface area contributed by atoms with E-state index < -0.39 is 0 Å². The van der Waals surface area contributed by atoms with Crippen LogP contribution in [0.3, 0.4) is 0 Å². The second kappa shape index (κ2) is 8.54. The highest BCUT2D eigenvalue weighted by molar-refractivity contribution is 6.30. The van der Waals surface area contributed by atoms with Crippen molar-refractivity contribution in [3.8, 4) is 5.88 Å². The van der Waals surface area contributed by atoms with Gasteiger partial charge >= 0.3 is 0 Å². The zero-order valence-corrected chi connectivity index (χ0v) is 15.9. The van der Waals surface area contributed by atoms with Gasteiger partial charge in [-0.05, 0) is 52.0 Å². The molecule has 1 fully saturated rings. The van der Waals surface area contributed by atoms with Crippen LogP contribution in [0.2, 0.25) is 5.02 Å². The van der Waals surface area contributed by atoms with E-state index in [9.17, 15) is 4.79 Å². The van der Waals surface area contributed by atoms with E-state index in [0.717, 1.165) is 42.7 Å². The van der Waals surface area contributed by atoms with Gasteiger partial charge in [-0.2, -0.15) is 0 Å². The standard InChI is InChI=1S/C19H24ClN3O3/c1-12-17(13(2)26-23-12)8-9-18(24)22-15-4-6-16(7-5-15)25-19-10-3-14(20)11-21-19/h3,10-11,15-16H,4-9H2,1-2H3,(H,22,24). The predicted molar refractivity (Wildman–Crippen MR) is 98.4 cm³/mol. The summed E-state index contributed by atoms with van der Waals surface area (Å²) in [6.45, 7) is 3.78. The van der Waals surface area contributed by atoms with E-state index in [2.05, 4.69) is 15.5 Å². The molecule has 1 aliphatic rings. The first kappa shape index (κ1) is 18.7. The number of hydrogen-bond donors (Lipinski definition) is 1. The predicted octanol–water partition coefficient (Wildman–Crippen LogP) is 3.78. The second-order valence-corrected chi connectivity index (χ2v) is 7.21. The number of halogens is 1. The van der Waals surface area contributed by atoms with E-state index >= 15 is 0 Å². The zero-order chi connectivity index (χ0) is 18.5. The van der Waals surface area contributed by atoms with Crippen molar-refractivity contribution < 1.29 is 14.1 Å². The number of hydrogen-bond acceptors (Lipinski definition) is 5. The summed E-state index contributed by atoms with van der Waals surface area (Å²) in [4.78, 5) is 16.4. The number of aromatic nitrogens is 2. The summed E-state index contributed by atoms with van der Waals surface area (Å²) in [5.74, 6) is 1.47. The van der Waals surface area contributed by atoms with Crippen LogP contribution in [0.5, 0.6) is 5.88 Å². The minimum atomic E-state index is 0.0775. The topological polar surface area (TPSA) is 77.2 Å². The van der Waals surface area contributed by atoms with Gasteiger partial charge in [-0.3, -0.25) is 4.79 Å². The van der Waals surface area contributed by atoms with Crippen molar-refractivity contribution in [2.24, 2.45) is 0 Å². The van der Waals surface area contributed by atoms with Crippen LogP contribution in [-0.4, -0.2) is 28.2 Å². The molecule has 2 aromatic rings. The number of carbonyl (C=O) groups excluding carboxylic acids is 1. The van der Waals surface area contributed by atoms with Crippen LogP contribution in [0.1, 0.15) is 49.1 Å². The third-order valence-electron chi connectivity index (χ3n) is 4.81. The van der Waals surface area contributed by atoms with Gasteiger partial charge in [0, 0.05) is 30.3 Å². The number of pyridine rings is 1. The average Bonchev–Trinajstić information content (AvgIpc) is 2.95. The lowest BCUT2D eigenvalue weighted by Gasteiger charge is -2.29. The minimum absolute atomic E-state index is 0.0775. The summed E-state index contributed by atoms with van der Waals surface area (Å²) in [7, 11) is 0. The molecule has 0 aliphatic heterocycles. The Morgan fingerprint density at radius 2 is 2.08 bits per heavy atom. The molecule has 0 unspecified atom stereocenters. The Labute approximate surface area is 158 Å². The summed E-state index contributed by atoms with van der Waals surface area (Å²) in [6, 6.07) is 3.77. The summed E-state index contributed by atoms with van der Waals surface area (Å²) < 4.78 is 11.0. The van der Waals surface area contributed by atoms with Crippen LogP contribution in [0.25, 0.3) is 0 Å². The molecule has 1 saturated carbocycles. The molecule has 1 aliphatic carbocycles. The Balaban J connectivity index is 1.39. The average molecular weight is 378 g/mol. The van der Waals surface area contributed by atoms with Gasteiger partial charge in [0.1, 0.15) is 11.9 Å². The Morgan fingerprint density at radius 1 is 1.31 bits per heavy atom. The zero-order valence-electron chi connectivity index (χ0n) is 15.1. The molecule has 6 nitrogen and oxygen atoms in total. The lowest BCUT2D eigenvalue weighted by molar-refractivity contribution is -0.122. The number of ether oxygens (including phenoxy) is 1. The molecule has 0 bridgehead atoms. The minimum Gasteiger partial charge on any atom is -0.474 e. The smallest absolute Gasteiger partial charge is 0.220 e. The van der Waals surface area contributed by atoms with Gasteiger partial charge < -0.3 is 14.6 Å². The van der Waals surface area contributed by atoms with Crippen molar-refractivity contribution in [1.82, 2.24) is 15.5 Å². The molecule has 3 rings (SSSR count). The van der Waals surface area contributed by atoms with E-state index in [4.69, 9.17) is 20.9 Å². The molecule has 0 radical (unpaired) electrons. The Hall–Kier alpha value is -2.08. The first-order valence-electron chi connectivity index (χ1n) is 9.00. The molecule has 2 heterocycles. The maximum absolute atomic E-state index is 12.2. The van der Waals surface area contributed by atoms with Gasteiger partial charge in [-0.25, -0.2) is 4.98 Å². The molecule has 2 aromatic heterocycles. The van der Waals surface area contributed by atoms with Gasteiger partial charge in [0.25, 0.3) is 0 Å². The van der Waals surface area contributed by atoms with Crippen molar-refractivity contribution in [2.45, 2.75) is 64.5 Å². The Kier molecular flexibility index (Phi) is 6.14. The maximum Gasteiger partial charge on any atom is 0.220 e. The van der Waals surface area contributed by atoms with Gasteiger partial charge in [0.2, 0.25) is 11.8 Å². The highest BCUT2D eigenvalue weighted by Gasteiger charge is 2.24. The molecule has 0 spiro atoms. The number of aryl methyl sites for hydroxylation is 2. The molecule has 0 atom stereocenters. The van der Waals surface area contributed by atoms with Crippen molar-refractivity contribution >= 4 is 17.5 Å². The molecule has 140 valence electrons. The molecular weight excluding hydrogens is 354 g/mol. The van der Waals surface area contributed by atoms with E-state index in [1.165, 1.54) is 0 Å². The largest absolute Gasteiger partial charge is 0.474 e. The lowest BCUT2D eigenvalue weighted by Crippen LogP contribution is -2.39. The highest BCUT2D eigenvalue weighted by atomic mass is 35.5. The summed E-state index contributed by atoms with van der Waals surface area (Å²) in [5.41, 5.74) is 1.90. The van der Waals surface area contributed by atoms with Crippen molar-refractivity contribution in [2.75, 3.05) is 0 Å². The molecule has 0 aromatic carbocycles. The van der Waals surface area contributed by atoms with Gasteiger partial charge in [-0.15, -0.1) is 0 Å². The van der Waals surface area contributed by atoms with Crippen LogP contribution in [-0.2, 0) is 11.2 Å². The highest BCUT2D eigenvalue weighted by Crippen LogP contribution is 2.23. The third-order valence-corrected chi connectivity index (χ3v) is 5.03. The second-order valence-electron chi connectivity index (χ2n) is 6.78. The van der Waals surface area contributed by atoms with Crippen molar-refractivity contribution in [1.29, 1.82) is 0 Å². The summed E-state index contributed by atoms with van der Waals surface area (Å²) in [6.07, 6.45) is 6.46. The van der Waals surface area contributed by atoms with Gasteiger partial charge in [-0.1, -0.05) is 16.8 Å². The number of rotatable bonds is 6. The van der Waals surface area contributed by atoms with Crippen LogP contribution in [0, 0.1) is 13.8 Å². The SMILES string of the molecule is Cc1noc(C)c1CCC(=O)NC1CCC(Oc2ccc(Cl)cn2)CC1. The molecule has 1 N–H and O–H groups in total. The van der Waals surface area contributed by atoms with E-state index in [1.807, 2.05) is 13.8 Å². The summed E-state index contributed by atoms with van der Waals surface area (Å²) in [5, 5.41) is 7.66. The number of nitrogens with one attached hydrogen (secondary N) is 1. The van der Waals surface area contributed by atoms with Gasteiger partial charge in [0.05, 0.1) is 10.7 Å². The van der Waals surface area contributed by atoms with Crippen LogP contribution >= 0.6 is 11.6 Å². The van der Waals surface area contributed by atoms with Crippen LogP contribution in [0.4, 0.5) is 0 Å². The Morgan fingerprint density at radius 3 is 2.69 bits per heavy atom. The number of amides is 1. The Bertz CT molecular complexity index is 717. The maximum atomic E-state index is 12.2. The summed E-state index contributed by atoms with van der Waals surface area (Å²) >= 11 is 5.83. The van der Waals surface area contributed by atoms with E-state index in [1.54, 1.807) is 18.3 Å². The van der Waals surface area contributed by atoms with E-state index in [-0.39, 0.29) is 18.1 Å².